The SMILES string of the molecule is CCOC(=O)c1cc2ccccc2n1-c1cccc(C(F)(F)F)c1. The Balaban J connectivity index is 2.25. The summed E-state index contributed by atoms with van der Waals surface area (Å²) in [6.07, 6.45) is -4.46. The van der Waals surface area contributed by atoms with E-state index in [1.807, 2.05) is 0 Å². The predicted octanol–water partition coefficient (Wildman–Crippen LogP) is 4.83. The molecule has 0 aliphatic carbocycles. The first-order chi connectivity index (χ1) is 11.4. The maximum atomic E-state index is 13.0. The second kappa shape index (κ2) is 6.03. The number of nitrogens with zero attached hydrogens (tertiary/aromatic N) is 1. The van der Waals surface area contributed by atoms with Gasteiger partial charge in [-0.2, -0.15) is 13.2 Å². The summed E-state index contributed by atoms with van der Waals surface area (Å²) in [4.78, 5) is 12.2. The Labute approximate surface area is 136 Å². The molecular weight excluding hydrogens is 319 g/mol. The van der Waals surface area contributed by atoms with E-state index in [0.717, 1.165) is 17.5 Å². The summed E-state index contributed by atoms with van der Waals surface area (Å²) in [6.45, 7) is 1.86. The third kappa shape index (κ3) is 2.87. The van der Waals surface area contributed by atoms with Crippen molar-refractivity contribution in [3.63, 3.8) is 0 Å². The van der Waals surface area contributed by atoms with Crippen molar-refractivity contribution in [3.05, 3.63) is 65.9 Å². The van der Waals surface area contributed by atoms with Crippen LogP contribution >= 0.6 is 0 Å². The molecule has 0 fully saturated rings. The van der Waals surface area contributed by atoms with Crippen molar-refractivity contribution in [3.8, 4) is 5.69 Å². The minimum Gasteiger partial charge on any atom is -0.461 e. The summed E-state index contributed by atoms with van der Waals surface area (Å²) >= 11 is 0. The number of benzene rings is 2. The van der Waals surface area contributed by atoms with Crippen LogP contribution in [0.25, 0.3) is 16.6 Å². The molecule has 1 heterocycles. The summed E-state index contributed by atoms with van der Waals surface area (Å²) in [5.74, 6) is -0.578. The highest BCUT2D eigenvalue weighted by atomic mass is 19.4. The summed E-state index contributed by atoms with van der Waals surface area (Å²) in [6, 6.07) is 13.6. The molecule has 0 spiro atoms. The van der Waals surface area contributed by atoms with Crippen molar-refractivity contribution in [2.24, 2.45) is 0 Å². The molecule has 0 radical (unpaired) electrons. The number of aromatic nitrogens is 1. The van der Waals surface area contributed by atoms with Gasteiger partial charge in [0.05, 0.1) is 17.7 Å². The highest BCUT2D eigenvalue weighted by Crippen LogP contribution is 2.32. The van der Waals surface area contributed by atoms with Crippen molar-refractivity contribution in [1.82, 2.24) is 4.57 Å². The maximum Gasteiger partial charge on any atom is 0.416 e. The maximum absolute atomic E-state index is 13.0. The van der Waals surface area contributed by atoms with Crippen LogP contribution in [-0.4, -0.2) is 17.1 Å². The Bertz CT molecular complexity index is 897. The van der Waals surface area contributed by atoms with Crippen molar-refractivity contribution in [2.75, 3.05) is 6.61 Å². The van der Waals surface area contributed by atoms with Crippen LogP contribution in [0.2, 0.25) is 0 Å². The average molecular weight is 333 g/mol. The summed E-state index contributed by atoms with van der Waals surface area (Å²) in [5.41, 5.74) is 0.318. The van der Waals surface area contributed by atoms with E-state index in [-0.39, 0.29) is 18.0 Å². The quantitative estimate of drug-likeness (QED) is 0.643. The summed E-state index contributed by atoms with van der Waals surface area (Å²) in [5, 5.41) is 0.748. The number of halogens is 3. The molecule has 3 aromatic rings. The fourth-order valence-electron chi connectivity index (χ4n) is 2.61. The van der Waals surface area contributed by atoms with Crippen LogP contribution in [0.5, 0.6) is 0 Å². The Morgan fingerprint density at radius 3 is 2.54 bits per heavy atom. The highest BCUT2D eigenvalue weighted by molar-refractivity contribution is 5.97. The highest BCUT2D eigenvalue weighted by Gasteiger charge is 2.31. The van der Waals surface area contributed by atoms with Crippen molar-refractivity contribution >= 4 is 16.9 Å². The molecule has 0 aliphatic rings. The monoisotopic (exact) mass is 333 g/mol. The second-order valence-electron chi connectivity index (χ2n) is 5.19. The number of para-hydroxylation sites is 1. The van der Waals surface area contributed by atoms with Crippen molar-refractivity contribution in [2.45, 2.75) is 13.1 Å². The molecule has 0 saturated carbocycles. The van der Waals surface area contributed by atoms with E-state index in [2.05, 4.69) is 0 Å². The lowest BCUT2D eigenvalue weighted by atomic mass is 10.2. The number of hydrogen-bond donors (Lipinski definition) is 0. The van der Waals surface area contributed by atoms with E-state index in [4.69, 9.17) is 4.74 Å². The zero-order valence-electron chi connectivity index (χ0n) is 12.8. The molecule has 2 aromatic carbocycles. The number of carbonyl (C=O) groups is 1. The molecule has 0 bridgehead atoms. The molecule has 0 atom stereocenters. The third-order valence-corrected chi connectivity index (χ3v) is 3.63. The third-order valence-electron chi connectivity index (χ3n) is 3.63. The van der Waals surface area contributed by atoms with Gasteiger partial charge in [-0.25, -0.2) is 4.79 Å². The number of fused-ring (bicyclic) bond motifs is 1. The van der Waals surface area contributed by atoms with Gasteiger partial charge < -0.3 is 9.30 Å². The summed E-state index contributed by atoms with van der Waals surface area (Å²) in [7, 11) is 0. The van der Waals surface area contributed by atoms with Crippen LogP contribution < -0.4 is 0 Å². The second-order valence-corrected chi connectivity index (χ2v) is 5.19. The van der Waals surface area contributed by atoms with Gasteiger partial charge in [0.2, 0.25) is 0 Å². The number of ether oxygens (including phenoxy) is 1. The largest absolute Gasteiger partial charge is 0.461 e. The van der Waals surface area contributed by atoms with E-state index in [1.54, 1.807) is 37.3 Å². The number of esters is 1. The first-order valence-electron chi connectivity index (χ1n) is 7.37. The predicted molar refractivity (Wildman–Crippen MR) is 84.2 cm³/mol. The standard InChI is InChI=1S/C18H14F3NO2/c1-2-24-17(23)16-10-12-6-3-4-9-15(12)22(16)14-8-5-7-13(11-14)18(19,20)21/h3-11H,2H2,1H3. The minimum atomic E-state index is -4.46. The van der Waals surface area contributed by atoms with Gasteiger partial charge in [-0.05, 0) is 37.3 Å². The molecule has 0 amide bonds. The summed E-state index contributed by atoms with van der Waals surface area (Å²) < 4.78 is 45.5. The minimum absolute atomic E-state index is 0.183. The zero-order valence-corrected chi connectivity index (χ0v) is 12.8. The fraction of sp³-hybridized carbons (Fsp3) is 0.167. The molecule has 1 aromatic heterocycles. The van der Waals surface area contributed by atoms with Crippen LogP contribution in [0.3, 0.4) is 0 Å². The van der Waals surface area contributed by atoms with Crippen LogP contribution in [0, 0.1) is 0 Å². The Morgan fingerprint density at radius 2 is 1.83 bits per heavy atom. The molecule has 3 rings (SSSR count). The van der Waals surface area contributed by atoms with Crippen LogP contribution in [-0.2, 0) is 10.9 Å². The van der Waals surface area contributed by atoms with Gasteiger partial charge in [0.15, 0.2) is 0 Å². The molecule has 0 N–H and O–H groups in total. The molecule has 0 aliphatic heterocycles. The van der Waals surface area contributed by atoms with Gasteiger partial charge in [0.1, 0.15) is 5.69 Å². The average Bonchev–Trinajstić information content (AvgIpc) is 2.94. The lowest BCUT2D eigenvalue weighted by Gasteiger charge is -2.13. The van der Waals surface area contributed by atoms with Crippen LogP contribution in [0.1, 0.15) is 23.0 Å². The van der Waals surface area contributed by atoms with Crippen molar-refractivity contribution in [1.29, 1.82) is 0 Å². The zero-order chi connectivity index (χ0) is 17.3. The topological polar surface area (TPSA) is 31.2 Å². The van der Waals surface area contributed by atoms with Gasteiger partial charge in [-0.3, -0.25) is 0 Å². The molecular formula is C18H14F3NO2. The molecule has 24 heavy (non-hydrogen) atoms. The fourth-order valence-corrected chi connectivity index (χ4v) is 2.61. The van der Waals surface area contributed by atoms with E-state index in [1.165, 1.54) is 16.7 Å². The Hall–Kier alpha value is -2.76. The van der Waals surface area contributed by atoms with E-state index < -0.39 is 17.7 Å². The van der Waals surface area contributed by atoms with E-state index in [9.17, 15) is 18.0 Å². The lowest BCUT2D eigenvalue weighted by molar-refractivity contribution is -0.137. The Morgan fingerprint density at radius 1 is 1.08 bits per heavy atom. The van der Waals surface area contributed by atoms with Gasteiger partial charge in [0.25, 0.3) is 0 Å². The smallest absolute Gasteiger partial charge is 0.416 e. The number of alkyl halides is 3. The molecule has 124 valence electrons. The Kier molecular flexibility index (Phi) is 4.05. The van der Waals surface area contributed by atoms with Gasteiger partial charge >= 0.3 is 12.1 Å². The first kappa shape index (κ1) is 16.1. The first-order valence-corrected chi connectivity index (χ1v) is 7.37. The van der Waals surface area contributed by atoms with Gasteiger partial charge in [-0.1, -0.05) is 24.3 Å². The van der Waals surface area contributed by atoms with Crippen molar-refractivity contribution < 1.29 is 22.7 Å². The molecule has 3 nitrogen and oxygen atoms in total. The van der Waals surface area contributed by atoms with Gasteiger partial charge in [-0.15, -0.1) is 0 Å². The van der Waals surface area contributed by atoms with Crippen LogP contribution in [0.4, 0.5) is 13.2 Å². The van der Waals surface area contributed by atoms with Gasteiger partial charge in [0, 0.05) is 11.1 Å². The number of rotatable bonds is 3. The molecule has 0 saturated heterocycles. The molecule has 0 unspecified atom stereocenters. The lowest BCUT2D eigenvalue weighted by Crippen LogP contribution is -2.12. The number of hydrogen-bond acceptors (Lipinski definition) is 2. The van der Waals surface area contributed by atoms with E-state index in [0.29, 0.717) is 5.52 Å². The molecule has 6 heteroatoms. The number of carbonyl (C=O) groups excluding carboxylic acids is 1. The normalized spacial score (nSPS) is 11.7. The van der Waals surface area contributed by atoms with Crippen LogP contribution in [0.15, 0.2) is 54.6 Å². The van der Waals surface area contributed by atoms with E-state index >= 15 is 0 Å².